The average molecular weight is 409 g/mol. The zero-order chi connectivity index (χ0) is 20.5. The van der Waals surface area contributed by atoms with Gasteiger partial charge in [-0.3, -0.25) is 4.79 Å². The van der Waals surface area contributed by atoms with Gasteiger partial charge >= 0.3 is 0 Å². The first-order valence-corrected chi connectivity index (χ1v) is 10.1. The number of pyridine rings is 1. The molecule has 2 aromatic heterocycles. The zero-order valence-corrected chi connectivity index (χ0v) is 16.5. The van der Waals surface area contributed by atoms with Gasteiger partial charge < -0.3 is 9.71 Å². The number of ketones is 1. The maximum Gasteiger partial charge on any atom is 0.198 e. The predicted molar refractivity (Wildman–Crippen MR) is 113 cm³/mol. The van der Waals surface area contributed by atoms with Crippen molar-refractivity contribution in [2.24, 2.45) is 0 Å². The number of carbonyl (C=O) groups excluding carboxylic acids is 1. The highest BCUT2D eigenvalue weighted by molar-refractivity contribution is 7.99. The number of anilines is 1. The summed E-state index contributed by atoms with van der Waals surface area (Å²) in [5.74, 6) is -1.35. The van der Waals surface area contributed by atoms with Crippen molar-refractivity contribution >= 4 is 34.5 Å². The molecule has 2 N–H and O–H groups in total. The monoisotopic (exact) mass is 409 g/mol. The zero-order valence-electron chi connectivity index (χ0n) is 15.7. The van der Waals surface area contributed by atoms with Crippen LogP contribution in [-0.4, -0.2) is 22.0 Å². The topological polar surface area (TPSA) is 57.8 Å². The first-order valence-electron chi connectivity index (χ1n) is 8.85. The summed E-state index contributed by atoms with van der Waals surface area (Å²) in [6.45, 7) is 1.81. The highest BCUT2D eigenvalue weighted by Crippen LogP contribution is 2.30. The maximum atomic E-state index is 14.8. The van der Waals surface area contributed by atoms with Crippen molar-refractivity contribution in [3.05, 3.63) is 83.2 Å². The van der Waals surface area contributed by atoms with Crippen LogP contribution in [-0.2, 0) is 0 Å². The third kappa shape index (κ3) is 3.49. The summed E-state index contributed by atoms with van der Waals surface area (Å²) in [6, 6.07) is 11.0. The summed E-state index contributed by atoms with van der Waals surface area (Å²) in [7, 11) is 0. The Balaban J connectivity index is 1.81. The van der Waals surface area contributed by atoms with Crippen LogP contribution in [0.4, 0.5) is 14.5 Å². The van der Waals surface area contributed by atoms with Crippen LogP contribution in [0, 0.1) is 18.6 Å². The van der Waals surface area contributed by atoms with Gasteiger partial charge in [-0.2, -0.15) is 0 Å². The van der Waals surface area contributed by atoms with Crippen molar-refractivity contribution in [2.45, 2.75) is 6.92 Å². The second kappa shape index (κ2) is 7.67. The molecule has 0 atom stereocenters. The Hall–Kier alpha value is -3.19. The van der Waals surface area contributed by atoms with E-state index in [-0.39, 0.29) is 17.1 Å². The van der Waals surface area contributed by atoms with Crippen molar-refractivity contribution in [2.75, 3.05) is 11.0 Å². The number of H-pyrrole nitrogens is 1. The number of benzene rings is 2. The van der Waals surface area contributed by atoms with E-state index in [1.165, 1.54) is 36.3 Å². The van der Waals surface area contributed by atoms with E-state index >= 15 is 0 Å². The molecular formula is C22H17F2N3OS. The lowest BCUT2D eigenvalue weighted by Gasteiger charge is -2.08. The molecule has 146 valence electrons. The van der Waals surface area contributed by atoms with Gasteiger partial charge in [0.1, 0.15) is 11.5 Å². The van der Waals surface area contributed by atoms with Gasteiger partial charge in [0.25, 0.3) is 0 Å². The summed E-state index contributed by atoms with van der Waals surface area (Å²) >= 11 is 1.25. The molecule has 0 fully saturated rings. The highest BCUT2D eigenvalue weighted by Gasteiger charge is 2.20. The summed E-state index contributed by atoms with van der Waals surface area (Å²) in [5.41, 5.74) is 3.42. The van der Waals surface area contributed by atoms with Crippen LogP contribution in [0.2, 0.25) is 0 Å². The van der Waals surface area contributed by atoms with Crippen molar-refractivity contribution in [3.63, 3.8) is 0 Å². The first kappa shape index (κ1) is 19.1. The lowest BCUT2D eigenvalue weighted by Crippen LogP contribution is -2.05. The number of aryl methyl sites for hydroxylation is 1. The highest BCUT2D eigenvalue weighted by atomic mass is 32.2. The van der Waals surface area contributed by atoms with Crippen LogP contribution in [0.25, 0.3) is 22.2 Å². The van der Waals surface area contributed by atoms with Gasteiger partial charge in [-0.1, -0.05) is 24.1 Å². The number of halogens is 2. The SMILES string of the molecule is CSNc1cccc(C(=O)c2c[nH]c3ncc(-c4ccc(F)cc4C)cc23)c1F. The van der Waals surface area contributed by atoms with Gasteiger partial charge in [0.15, 0.2) is 11.6 Å². The van der Waals surface area contributed by atoms with Crippen LogP contribution in [0.1, 0.15) is 21.5 Å². The fourth-order valence-electron chi connectivity index (χ4n) is 3.33. The molecule has 0 spiro atoms. The number of nitrogens with zero attached hydrogens (tertiary/aromatic N) is 1. The van der Waals surface area contributed by atoms with Crippen LogP contribution < -0.4 is 4.72 Å². The van der Waals surface area contributed by atoms with E-state index in [1.807, 2.05) is 13.0 Å². The molecule has 4 rings (SSSR count). The van der Waals surface area contributed by atoms with Gasteiger partial charge in [-0.15, -0.1) is 0 Å². The quantitative estimate of drug-likeness (QED) is 0.326. The number of carbonyl (C=O) groups is 1. The maximum absolute atomic E-state index is 14.8. The van der Waals surface area contributed by atoms with Gasteiger partial charge in [-0.05, 0) is 48.4 Å². The van der Waals surface area contributed by atoms with Crippen LogP contribution in [0.3, 0.4) is 0 Å². The van der Waals surface area contributed by atoms with Gasteiger partial charge in [0.2, 0.25) is 0 Å². The van der Waals surface area contributed by atoms with Crippen molar-refractivity contribution in [1.29, 1.82) is 0 Å². The molecule has 2 aromatic carbocycles. The summed E-state index contributed by atoms with van der Waals surface area (Å²) in [6.07, 6.45) is 4.98. The smallest absolute Gasteiger partial charge is 0.198 e. The van der Waals surface area contributed by atoms with Gasteiger partial charge in [-0.25, -0.2) is 13.8 Å². The molecule has 0 saturated heterocycles. The summed E-state index contributed by atoms with van der Waals surface area (Å²) < 4.78 is 31.1. The minimum absolute atomic E-state index is 0.0201. The second-order valence-electron chi connectivity index (χ2n) is 6.58. The van der Waals surface area contributed by atoms with E-state index < -0.39 is 11.6 Å². The molecular weight excluding hydrogens is 392 g/mol. The average Bonchev–Trinajstić information content (AvgIpc) is 3.12. The molecule has 0 radical (unpaired) electrons. The van der Waals surface area contributed by atoms with Gasteiger partial charge in [0, 0.05) is 35.2 Å². The third-order valence-corrected chi connectivity index (χ3v) is 5.15. The van der Waals surface area contributed by atoms with Crippen LogP contribution >= 0.6 is 11.9 Å². The van der Waals surface area contributed by atoms with E-state index in [0.29, 0.717) is 16.6 Å². The second-order valence-corrected chi connectivity index (χ2v) is 7.20. The van der Waals surface area contributed by atoms with E-state index in [9.17, 15) is 13.6 Å². The molecule has 4 aromatic rings. The number of aromatic amines is 1. The number of nitrogens with one attached hydrogen (secondary N) is 2. The molecule has 0 aliphatic heterocycles. The van der Waals surface area contributed by atoms with E-state index in [1.54, 1.807) is 30.7 Å². The Morgan fingerprint density at radius 2 is 1.97 bits per heavy atom. The number of hydrogen-bond donors (Lipinski definition) is 2. The molecule has 0 amide bonds. The van der Waals surface area contributed by atoms with Crippen molar-refractivity contribution in [1.82, 2.24) is 9.97 Å². The largest absolute Gasteiger partial charge is 0.345 e. The summed E-state index contributed by atoms with van der Waals surface area (Å²) in [5, 5.41) is 0.582. The predicted octanol–water partition coefficient (Wildman–Crippen LogP) is 5.74. The Morgan fingerprint density at radius 1 is 1.14 bits per heavy atom. The lowest BCUT2D eigenvalue weighted by molar-refractivity contribution is 0.103. The Bertz CT molecular complexity index is 1240. The molecule has 0 aliphatic rings. The first-order chi connectivity index (χ1) is 14.0. The van der Waals surface area contributed by atoms with E-state index in [2.05, 4.69) is 14.7 Å². The minimum Gasteiger partial charge on any atom is -0.345 e. The molecule has 7 heteroatoms. The van der Waals surface area contributed by atoms with Gasteiger partial charge in [0.05, 0.1) is 11.3 Å². The fourth-order valence-corrected chi connectivity index (χ4v) is 3.71. The number of fused-ring (bicyclic) bond motifs is 1. The van der Waals surface area contributed by atoms with E-state index in [4.69, 9.17) is 0 Å². The molecule has 2 heterocycles. The molecule has 4 nitrogen and oxygen atoms in total. The number of aromatic nitrogens is 2. The van der Waals surface area contributed by atoms with Crippen molar-refractivity contribution < 1.29 is 13.6 Å². The Morgan fingerprint density at radius 3 is 2.72 bits per heavy atom. The molecule has 29 heavy (non-hydrogen) atoms. The van der Waals surface area contributed by atoms with Crippen LogP contribution in [0.15, 0.2) is 54.9 Å². The summed E-state index contributed by atoms with van der Waals surface area (Å²) in [4.78, 5) is 20.4. The Kier molecular flexibility index (Phi) is 5.07. The molecule has 0 saturated carbocycles. The number of hydrogen-bond acceptors (Lipinski definition) is 4. The fraction of sp³-hybridized carbons (Fsp3) is 0.0909. The van der Waals surface area contributed by atoms with Crippen molar-refractivity contribution in [3.8, 4) is 11.1 Å². The normalized spacial score (nSPS) is 11.0. The minimum atomic E-state index is -0.598. The molecule has 0 bridgehead atoms. The standard InChI is InChI=1S/C22H17F2N3OS/c1-12-8-14(23)6-7-15(12)13-9-17-18(11-26-22(17)25-10-13)21(28)16-4-3-5-19(20(16)24)27-29-2/h3-11,27H,1-2H3,(H,25,26). The molecule has 0 unspecified atom stereocenters. The number of rotatable bonds is 5. The third-order valence-electron chi connectivity index (χ3n) is 4.73. The molecule has 0 aliphatic carbocycles. The lowest BCUT2D eigenvalue weighted by atomic mass is 9.98. The Labute approximate surface area is 170 Å². The van der Waals surface area contributed by atoms with Crippen LogP contribution in [0.5, 0.6) is 0 Å². The van der Waals surface area contributed by atoms with E-state index in [0.717, 1.165) is 16.7 Å².